The Morgan fingerprint density at radius 2 is 0.194 bits per heavy atom. The SMILES string of the molecule is C[C]1[C](C)[C](C)[C](C)[C]1C.C[C]1[C](C)[C](C)[C](C)[C]1C.C[C]1[C](C)[C](C)[C](C)[C]1C.[Nd]. The summed E-state index contributed by atoms with van der Waals surface area (Å²) in [5, 5.41) is 0. The summed E-state index contributed by atoms with van der Waals surface area (Å²) in [5.41, 5.74) is 0. The molecule has 0 atom stereocenters. The van der Waals surface area contributed by atoms with Crippen molar-refractivity contribution in [3.8, 4) is 0 Å². The van der Waals surface area contributed by atoms with Crippen LogP contribution in [0.3, 0.4) is 0 Å². The van der Waals surface area contributed by atoms with Gasteiger partial charge in [0.1, 0.15) is 0 Å². The second-order valence-corrected chi connectivity index (χ2v) is 9.38. The summed E-state index contributed by atoms with van der Waals surface area (Å²) < 4.78 is 0. The maximum absolute atomic E-state index is 2.20. The number of rotatable bonds is 0. The maximum atomic E-state index is 2.20. The zero-order valence-electron chi connectivity index (χ0n) is 23.0. The van der Waals surface area contributed by atoms with Crippen LogP contribution in [0, 0.1) is 130 Å². The van der Waals surface area contributed by atoms with Crippen LogP contribution in [0.25, 0.3) is 0 Å². The van der Waals surface area contributed by atoms with Gasteiger partial charge in [-0.25, -0.2) is 0 Å². The summed E-state index contributed by atoms with van der Waals surface area (Å²) in [6.45, 7) is 33.0. The summed E-state index contributed by atoms with van der Waals surface area (Å²) in [4.78, 5) is 0. The van der Waals surface area contributed by atoms with Gasteiger partial charge in [-0.15, -0.1) is 0 Å². The maximum Gasteiger partial charge on any atom is 0 e. The molecule has 0 aliphatic heterocycles. The van der Waals surface area contributed by atoms with E-state index in [1.165, 1.54) is 88.8 Å². The van der Waals surface area contributed by atoms with E-state index < -0.39 is 0 Å². The molecule has 3 aliphatic rings. The summed E-state index contributed by atoms with van der Waals surface area (Å²) in [6.07, 6.45) is 0. The predicted molar refractivity (Wildman–Crippen MR) is 134 cm³/mol. The van der Waals surface area contributed by atoms with Crippen LogP contribution >= 0.6 is 0 Å². The molecule has 31 heavy (non-hydrogen) atoms. The van der Waals surface area contributed by atoms with E-state index in [0.717, 1.165) is 0 Å². The second-order valence-electron chi connectivity index (χ2n) is 9.38. The molecule has 15 radical (unpaired) electrons. The van der Waals surface area contributed by atoms with Crippen molar-refractivity contribution in [3.63, 3.8) is 0 Å². The van der Waals surface area contributed by atoms with Gasteiger partial charge in [-0.1, -0.05) is 104 Å². The Morgan fingerprint density at radius 1 is 0.161 bits per heavy atom. The third kappa shape index (κ3) is 7.18. The van der Waals surface area contributed by atoms with Crippen molar-refractivity contribution in [3.05, 3.63) is 88.8 Å². The van der Waals surface area contributed by atoms with Gasteiger partial charge in [0.25, 0.3) is 0 Å². The minimum atomic E-state index is 0. The van der Waals surface area contributed by atoms with E-state index in [9.17, 15) is 0 Å². The van der Waals surface area contributed by atoms with E-state index in [-0.39, 0.29) is 40.8 Å². The molecule has 0 saturated heterocycles. The van der Waals surface area contributed by atoms with Crippen molar-refractivity contribution in [1.29, 1.82) is 0 Å². The van der Waals surface area contributed by atoms with Gasteiger partial charge in [0.15, 0.2) is 0 Å². The van der Waals surface area contributed by atoms with E-state index in [1.54, 1.807) is 0 Å². The zero-order chi connectivity index (χ0) is 23.7. The van der Waals surface area contributed by atoms with Crippen LogP contribution in [0.1, 0.15) is 104 Å². The molecule has 0 aromatic carbocycles. The van der Waals surface area contributed by atoms with Gasteiger partial charge in [-0.2, -0.15) is 0 Å². The molecule has 0 heterocycles. The molecular formula is C30H45Nd. The number of hydrogen-bond acceptors (Lipinski definition) is 0. The smallest absolute Gasteiger partial charge is 0 e. The van der Waals surface area contributed by atoms with Crippen LogP contribution in [0.15, 0.2) is 0 Å². The van der Waals surface area contributed by atoms with Crippen molar-refractivity contribution < 1.29 is 40.8 Å². The second kappa shape index (κ2) is 13.4. The Hall–Kier alpha value is 1.35. The summed E-state index contributed by atoms with van der Waals surface area (Å²) >= 11 is 0. The average molecular weight is 550 g/mol. The Labute approximate surface area is 231 Å². The first-order valence-electron chi connectivity index (χ1n) is 11.2. The van der Waals surface area contributed by atoms with Crippen LogP contribution in [0.5, 0.6) is 0 Å². The molecule has 3 rings (SSSR count). The predicted octanol–water partition coefficient (Wildman–Crippen LogP) is 8.92. The molecule has 0 nitrogen and oxygen atoms in total. The molecule has 3 fully saturated rings. The van der Waals surface area contributed by atoms with Crippen LogP contribution in [-0.2, 0) is 0 Å². The largest absolute Gasteiger partial charge is 0.0579 e. The fourth-order valence-corrected chi connectivity index (χ4v) is 4.22. The van der Waals surface area contributed by atoms with Gasteiger partial charge in [0.05, 0.1) is 0 Å². The average Bonchev–Trinajstić information content (AvgIpc) is 3.09. The standard InChI is InChI=1S/3C10H15.Nd/c3*1-6-7(2)9(4)10(5)8(6)3;/h3*1-5H3;. The van der Waals surface area contributed by atoms with Gasteiger partial charge in [0, 0.05) is 40.8 Å². The molecule has 3 aliphatic carbocycles. The Morgan fingerprint density at radius 3 is 0.226 bits per heavy atom. The van der Waals surface area contributed by atoms with Gasteiger partial charge < -0.3 is 0 Å². The molecule has 169 valence electrons. The quantitative estimate of drug-likeness (QED) is 0.283. The molecule has 0 aromatic heterocycles. The first-order chi connectivity index (χ1) is 13.7. The van der Waals surface area contributed by atoms with Crippen LogP contribution in [-0.4, -0.2) is 0 Å². The first-order valence-corrected chi connectivity index (χ1v) is 11.2. The summed E-state index contributed by atoms with van der Waals surface area (Å²) in [5.74, 6) is 22.0. The Bertz CT molecular complexity index is 295. The molecule has 0 N–H and O–H groups in total. The van der Waals surface area contributed by atoms with Crippen LogP contribution in [0.4, 0.5) is 0 Å². The third-order valence-electron chi connectivity index (χ3n) is 8.44. The molecule has 0 amide bonds. The third-order valence-corrected chi connectivity index (χ3v) is 8.44. The van der Waals surface area contributed by atoms with Crippen molar-refractivity contribution in [1.82, 2.24) is 0 Å². The Balaban J connectivity index is 0.000000429. The minimum absolute atomic E-state index is 0. The van der Waals surface area contributed by atoms with Crippen LogP contribution in [0.2, 0.25) is 0 Å². The number of hydrogen-bond donors (Lipinski definition) is 0. The molecule has 0 spiro atoms. The molecule has 0 aromatic rings. The Kier molecular flexibility index (Phi) is 14.0. The molecule has 3 saturated carbocycles. The van der Waals surface area contributed by atoms with E-state index in [2.05, 4.69) is 104 Å². The molecule has 0 unspecified atom stereocenters. The van der Waals surface area contributed by atoms with Gasteiger partial charge >= 0.3 is 0 Å². The zero-order valence-corrected chi connectivity index (χ0v) is 26.2. The van der Waals surface area contributed by atoms with E-state index >= 15 is 0 Å². The van der Waals surface area contributed by atoms with Gasteiger partial charge in [-0.3, -0.25) is 0 Å². The summed E-state index contributed by atoms with van der Waals surface area (Å²) in [6, 6.07) is 0. The fraction of sp³-hybridized carbons (Fsp3) is 0.500. The van der Waals surface area contributed by atoms with Gasteiger partial charge in [0.2, 0.25) is 0 Å². The topological polar surface area (TPSA) is 0 Å². The van der Waals surface area contributed by atoms with Crippen molar-refractivity contribution >= 4 is 0 Å². The first kappa shape index (κ1) is 32.4. The normalized spacial score (nSPS) is 27.6. The molecular weight excluding hydrogens is 505 g/mol. The van der Waals surface area contributed by atoms with E-state index in [1.807, 2.05) is 0 Å². The molecule has 0 bridgehead atoms. The van der Waals surface area contributed by atoms with E-state index in [0.29, 0.717) is 0 Å². The van der Waals surface area contributed by atoms with Gasteiger partial charge in [-0.05, 0) is 88.8 Å². The monoisotopic (exact) mass is 547 g/mol. The molecule has 1 heteroatoms. The van der Waals surface area contributed by atoms with E-state index in [4.69, 9.17) is 0 Å². The summed E-state index contributed by atoms with van der Waals surface area (Å²) in [7, 11) is 0. The minimum Gasteiger partial charge on any atom is -0.0579 e. The van der Waals surface area contributed by atoms with Crippen LogP contribution < -0.4 is 0 Å². The van der Waals surface area contributed by atoms with Crippen molar-refractivity contribution in [2.45, 2.75) is 104 Å². The van der Waals surface area contributed by atoms with Crippen molar-refractivity contribution in [2.24, 2.45) is 0 Å². The fourth-order valence-electron chi connectivity index (χ4n) is 4.22. The van der Waals surface area contributed by atoms with Crippen molar-refractivity contribution in [2.75, 3.05) is 0 Å².